The van der Waals surface area contributed by atoms with Gasteiger partial charge in [0.1, 0.15) is 11.5 Å². The molecule has 7 heteroatoms. The molecule has 6 nitrogen and oxygen atoms in total. The van der Waals surface area contributed by atoms with Gasteiger partial charge in [0.2, 0.25) is 5.91 Å². The van der Waals surface area contributed by atoms with E-state index < -0.39 is 0 Å². The SMILES string of the molecule is O=C(NN1CCCCC1Cc1ccc2cc(F)ccc2n1)C(CCCCn1cc(-c2ccccc2)c2cccnc21)C1CCCC1. The van der Waals surface area contributed by atoms with Gasteiger partial charge in [-0.2, -0.15) is 0 Å². The first-order valence-corrected chi connectivity index (χ1v) is 17.2. The Morgan fingerprint density at radius 1 is 0.935 bits per heavy atom. The number of nitrogens with one attached hydrogen (secondary N) is 1. The van der Waals surface area contributed by atoms with E-state index in [9.17, 15) is 9.18 Å². The van der Waals surface area contributed by atoms with Crippen LogP contribution in [0, 0.1) is 17.7 Å². The molecular formula is C39H44FN5O. The number of carbonyl (C=O) groups excluding carboxylic acids is 1. The monoisotopic (exact) mass is 617 g/mol. The number of fused-ring (bicyclic) bond motifs is 2. The first kappa shape index (κ1) is 30.5. The second kappa shape index (κ2) is 14.1. The second-order valence-electron chi connectivity index (χ2n) is 13.3. The highest BCUT2D eigenvalue weighted by molar-refractivity contribution is 5.94. The molecule has 2 unspecified atom stereocenters. The van der Waals surface area contributed by atoms with Crippen molar-refractivity contribution in [2.75, 3.05) is 6.54 Å². The van der Waals surface area contributed by atoms with E-state index in [4.69, 9.17) is 9.97 Å². The van der Waals surface area contributed by atoms with Crippen LogP contribution in [0.2, 0.25) is 0 Å². The van der Waals surface area contributed by atoms with Crippen LogP contribution in [0.4, 0.5) is 4.39 Å². The summed E-state index contributed by atoms with van der Waals surface area (Å²) < 4.78 is 16.0. The molecule has 1 N–H and O–H groups in total. The summed E-state index contributed by atoms with van der Waals surface area (Å²) >= 11 is 0. The standard InChI is InChI=1S/C39H44FN5O/c40-31-19-21-37-30(25-31)18-20-32(42-37)26-33-15-6-9-24-45(33)43-39(46)34(28-13-4-5-14-28)16-7-8-23-44-27-36(29-11-2-1-3-12-29)35-17-10-22-41-38(35)44/h1-3,10-12,17-22,25,27-28,33-34H,4-9,13-16,23-24,26H2,(H,43,46). The lowest BCUT2D eigenvalue weighted by molar-refractivity contribution is -0.134. The summed E-state index contributed by atoms with van der Waals surface area (Å²) in [5.41, 5.74) is 8.67. The smallest absolute Gasteiger partial charge is 0.237 e. The number of unbranched alkanes of at least 4 members (excludes halogenated alkanes) is 1. The van der Waals surface area contributed by atoms with Crippen LogP contribution >= 0.6 is 0 Å². The normalized spacial score (nSPS) is 18.3. The van der Waals surface area contributed by atoms with E-state index in [1.54, 1.807) is 6.07 Å². The van der Waals surface area contributed by atoms with Crippen molar-refractivity contribution in [2.45, 2.75) is 83.2 Å². The molecule has 46 heavy (non-hydrogen) atoms. The van der Waals surface area contributed by atoms with E-state index >= 15 is 0 Å². The van der Waals surface area contributed by atoms with Gasteiger partial charge in [-0.3, -0.25) is 15.2 Å². The largest absolute Gasteiger partial charge is 0.332 e. The van der Waals surface area contributed by atoms with Crippen molar-refractivity contribution in [1.82, 2.24) is 25.0 Å². The molecule has 3 aromatic heterocycles. The predicted octanol–water partition coefficient (Wildman–Crippen LogP) is 8.50. The topological polar surface area (TPSA) is 63.1 Å². The van der Waals surface area contributed by atoms with E-state index in [0.29, 0.717) is 5.92 Å². The van der Waals surface area contributed by atoms with Crippen LogP contribution in [0.3, 0.4) is 0 Å². The molecule has 0 bridgehead atoms. The number of amides is 1. The average Bonchev–Trinajstić information content (AvgIpc) is 3.75. The highest BCUT2D eigenvalue weighted by atomic mass is 19.1. The Morgan fingerprint density at radius 3 is 2.65 bits per heavy atom. The summed E-state index contributed by atoms with van der Waals surface area (Å²) in [5, 5.41) is 4.20. The summed E-state index contributed by atoms with van der Waals surface area (Å²) in [6, 6.07) is 23.6. The van der Waals surface area contributed by atoms with Gasteiger partial charge in [0.25, 0.3) is 0 Å². The Hall–Kier alpha value is -4.10. The Balaban J connectivity index is 0.998. The number of rotatable bonds is 11. The van der Waals surface area contributed by atoms with Crippen molar-refractivity contribution in [3.63, 3.8) is 0 Å². The first-order chi connectivity index (χ1) is 22.6. The van der Waals surface area contributed by atoms with Gasteiger partial charge in [-0.15, -0.1) is 0 Å². The minimum absolute atomic E-state index is 0.0400. The zero-order valence-electron chi connectivity index (χ0n) is 26.6. The van der Waals surface area contributed by atoms with Gasteiger partial charge in [-0.1, -0.05) is 62.1 Å². The maximum absolute atomic E-state index is 14.0. The van der Waals surface area contributed by atoms with E-state index in [1.165, 1.54) is 41.5 Å². The number of aryl methyl sites for hydroxylation is 1. The molecule has 2 aliphatic rings. The van der Waals surface area contributed by atoms with Gasteiger partial charge in [-0.05, 0) is 86.4 Å². The van der Waals surface area contributed by atoms with Crippen LogP contribution in [-0.2, 0) is 17.8 Å². The van der Waals surface area contributed by atoms with E-state index in [2.05, 4.69) is 57.6 Å². The fourth-order valence-corrected chi connectivity index (χ4v) is 7.81. The van der Waals surface area contributed by atoms with Crippen LogP contribution in [0.25, 0.3) is 33.1 Å². The molecule has 1 aliphatic heterocycles. The minimum Gasteiger partial charge on any atom is -0.332 e. The third kappa shape index (κ3) is 6.85. The van der Waals surface area contributed by atoms with Crippen LogP contribution in [-0.4, -0.2) is 38.0 Å². The van der Waals surface area contributed by atoms with Gasteiger partial charge >= 0.3 is 0 Å². The lowest BCUT2D eigenvalue weighted by Gasteiger charge is -2.37. The third-order valence-corrected chi connectivity index (χ3v) is 10.2. The molecule has 2 aromatic carbocycles. The number of pyridine rings is 2. The summed E-state index contributed by atoms with van der Waals surface area (Å²) in [7, 11) is 0. The lowest BCUT2D eigenvalue weighted by Crippen LogP contribution is -2.53. The Bertz CT molecular complexity index is 1780. The number of aromatic nitrogens is 3. The van der Waals surface area contributed by atoms with Gasteiger partial charge in [0, 0.05) is 65.9 Å². The average molecular weight is 618 g/mol. The highest BCUT2D eigenvalue weighted by Gasteiger charge is 2.33. The molecular weight excluding hydrogens is 573 g/mol. The molecule has 0 radical (unpaired) electrons. The van der Waals surface area contributed by atoms with Gasteiger partial charge in [0.15, 0.2) is 0 Å². The zero-order chi connectivity index (χ0) is 31.3. The fourth-order valence-electron chi connectivity index (χ4n) is 7.81. The number of piperidine rings is 1. The van der Waals surface area contributed by atoms with Crippen molar-refractivity contribution >= 4 is 27.8 Å². The molecule has 2 fully saturated rings. The highest BCUT2D eigenvalue weighted by Crippen LogP contribution is 2.35. The van der Waals surface area contributed by atoms with Crippen LogP contribution in [0.5, 0.6) is 0 Å². The molecule has 7 rings (SSSR count). The number of hydrazine groups is 1. The van der Waals surface area contributed by atoms with Gasteiger partial charge in [-0.25, -0.2) is 14.4 Å². The van der Waals surface area contributed by atoms with Crippen molar-refractivity contribution in [3.05, 3.63) is 96.7 Å². The number of carbonyl (C=O) groups is 1. The molecule has 1 saturated heterocycles. The number of hydrogen-bond acceptors (Lipinski definition) is 4. The van der Waals surface area contributed by atoms with Crippen LogP contribution in [0.15, 0.2) is 85.2 Å². The summed E-state index contributed by atoms with van der Waals surface area (Å²) in [5.74, 6) is 0.454. The van der Waals surface area contributed by atoms with E-state index in [1.807, 2.05) is 24.4 Å². The molecule has 1 amide bonds. The molecule has 1 saturated carbocycles. The molecule has 238 valence electrons. The van der Waals surface area contributed by atoms with Crippen molar-refractivity contribution in [1.29, 1.82) is 0 Å². The van der Waals surface area contributed by atoms with Gasteiger partial charge < -0.3 is 4.57 Å². The van der Waals surface area contributed by atoms with Gasteiger partial charge in [0.05, 0.1) is 5.52 Å². The van der Waals surface area contributed by atoms with E-state index in [0.717, 1.165) is 93.1 Å². The number of benzene rings is 2. The third-order valence-electron chi connectivity index (χ3n) is 10.2. The molecule has 2 atom stereocenters. The van der Waals surface area contributed by atoms with Crippen molar-refractivity contribution in [3.8, 4) is 11.1 Å². The maximum Gasteiger partial charge on any atom is 0.237 e. The van der Waals surface area contributed by atoms with Crippen LogP contribution in [0.1, 0.15) is 69.9 Å². The predicted molar refractivity (Wildman–Crippen MR) is 182 cm³/mol. The molecule has 5 aromatic rings. The van der Waals surface area contributed by atoms with Crippen molar-refractivity contribution in [2.24, 2.45) is 11.8 Å². The Kier molecular flexibility index (Phi) is 9.38. The Labute approximate surface area is 271 Å². The molecule has 1 aliphatic carbocycles. The molecule has 0 spiro atoms. The Morgan fingerprint density at radius 2 is 1.78 bits per heavy atom. The van der Waals surface area contributed by atoms with Crippen LogP contribution < -0.4 is 5.43 Å². The fraction of sp³-hybridized carbons (Fsp3) is 0.410. The maximum atomic E-state index is 14.0. The second-order valence-corrected chi connectivity index (χ2v) is 13.3. The number of hydrogen-bond donors (Lipinski definition) is 1. The van der Waals surface area contributed by atoms with Crippen molar-refractivity contribution < 1.29 is 9.18 Å². The zero-order valence-corrected chi connectivity index (χ0v) is 26.6. The van der Waals surface area contributed by atoms with E-state index in [-0.39, 0.29) is 23.7 Å². The minimum atomic E-state index is -0.243. The number of halogens is 1. The summed E-state index contributed by atoms with van der Waals surface area (Å²) in [6.07, 6.45) is 15.8. The molecule has 4 heterocycles. The lowest BCUT2D eigenvalue weighted by atomic mass is 9.86. The summed E-state index contributed by atoms with van der Waals surface area (Å²) in [6.45, 7) is 1.75. The quantitative estimate of drug-likeness (QED) is 0.151. The summed E-state index contributed by atoms with van der Waals surface area (Å²) in [4.78, 5) is 23.5. The number of nitrogens with zero attached hydrogens (tertiary/aromatic N) is 4. The first-order valence-electron chi connectivity index (χ1n) is 17.2.